The number of carbonyl (C=O) groups excluding carboxylic acids is 1. The zero-order valence-electron chi connectivity index (χ0n) is 10.7. The fourth-order valence-corrected chi connectivity index (χ4v) is 2.02. The van der Waals surface area contributed by atoms with Gasteiger partial charge in [-0.1, -0.05) is 13.0 Å². The number of benzene rings is 1. The van der Waals surface area contributed by atoms with Crippen LogP contribution in [0, 0.1) is 5.92 Å². The summed E-state index contributed by atoms with van der Waals surface area (Å²) in [5.41, 5.74) is 7.68. The number of rotatable bonds is 3. The van der Waals surface area contributed by atoms with Gasteiger partial charge in [0.2, 0.25) is 0 Å². The molecule has 1 aromatic heterocycles. The van der Waals surface area contributed by atoms with Crippen molar-refractivity contribution in [1.82, 2.24) is 15.1 Å². The van der Waals surface area contributed by atoms with Crippen molar-refractivity contribution in [3.8, 4) is 5.69 Å². The van der Waals surface area contributed by atoms with Crippen LogP contribution in [0.25, 0.3) is 5.69 Å². The molecule has 2 aromatic rings. The first kappa shape index (κ1) is 11.8. The molecular formula is C14H16N4O. The average molecular weight is 256 g/mol. The molecule has 0 saturated heterocycles. The van der Waals surface area contributed by atoms with Crippen LogP contribution in [0.15, 0.2) is 36.5 Å². The highest BCUT2D eigenvalue weighted by molar-refractivity contribution is 5.92. The van der Waals surface area contributed by atoms with E-state index in [1.54, 1.807) is 16.9 Å². The lowest BCUT2D eigenvalue weighted by molar-refractivity contribution is 0.0944. The number of amides is 1. The Morgan fingerprint density at radius 3 is 2.95 bits per heavy atom. The molecule has 2 atom stereocenters. The molecule has 5 nitrogen and oxygen atoms in total. The van der Waals surface area contributed by atoms with E-state index >= 15 is 0 Å². The standard InChI is InChI=1S/C14H16N4O/c1-9-7-13(9)16-14(19)12-5-6-18(17-12)11-4-2-3-10(15)8-11/h2-6,8-9,13H,7,15H2,1H3,(H,16,19). The van der Waals surface area contributed by atoms with Crippen molar-refractivity contribution in [3.05, 3.63) is 42.2 Å². The minimum Gasteiger partial charge on any atom is -0.399 e. The Bertz CT molecular complexity index is 619. The van der Waals surface area contributed by atoms with Crippen molar-refractivity contribution in [2.75, 3.05) is 5.73 Å². The molecule has 1 aliphatic rings. The highest BCUT2D eigenvalue weighted by Gasteiger charge is 2.34. The van der Waals surface area contributed by atoms with Crippen LogP contribution in [0.4, 0.5) is 5.69 Å². The highest BCUT2D eigenvalue weighted by Crippen LogP contribution is 2.29. The summed E-state index contributed by atoms with van der Waals surface area (Å²) in [5.74, 6) is 0.469. The summed E-state index contributed by atoms with van der Waals surface area (Å²) in [7, 11) is 0. The molecule has 1 aliphatic carbocycles. The summed E-state index contributed by atoms with van der Waals surface area (Å²) >= 11 is 0. The van der Waals surface area contributed by atoms with Gasteiger partial charge < -0.3 is 11.1 Å². The highest BCUT2D eigenvalue weighted by atomic mass is 16.2. The van der Waals surface area contributed by atoms with Gasteiger partial charge in [-0.15, -0.1) is 0 Å². The Labute approximate surface area is 111 Å². The molecule has 98 valence electrons. The number of nitrogens with one attached hydrogen (secondary N) is 1. The second kappa shape index (κ2) is 4.42. The van der Waals surface area contributed by atoms with Gasteiger partial charge in [0, 0.05) is 17.9 Å². The number of nitrogens with two attached hydrogens (primary N) is 1. The van der Waals surface area contributed by atoms with Crippen LogP contribution in [0.5, 0.6) is 0 Å². The summed E-state index contributed by atoms with van der Waals surface area (Å²) in [5, 5.41) is 7.23. The Balaban J connectivity index is 1.77. The second-order valence-corrected chi connectivity index (χ2v) is 5.03. The van der Waals surface area contributed by atoms with Crippen LogP contribution in [0.1, 0.15) is 23.8 Å². The quantitative estimate of drug-likeness (QED) is 0.819. The van der Waals surface area contributed by atoms with E-state index in [0.717, 1.165) is 12.1 Å². The van der Waals surface area contributed by atoms with E-state index in [-0.39, 0.29) is 5.91 Å². The van der Waals surface area contributed by atoms with Gasteiger partial charge in [-0.2, -0.15) is 5.10 Å². The third-order valence-corrected chi connectivity index (χ3v) is 3.38. The summed E-state index contributed by atoms with van der Waals surface area (Å²) in [4.78, 5) is 11.9. The molecule has 1 saturated carbocycles. The topological polar surface area (TPSA) is 72.9 Å². The first-order valence-electron chi connectivity index (χ1n) is 6.36. The van der Waals surface area contributed by atoms with Crippen molar-refractivity contribution < 1.29 is 4.79 Å². The number of anilines is 1. The number of nitrogens with zero attached hydrogens (tertiary/aromatic N) is 2. The molecule has 1 aromatic carbocycles. The summed E-state index contributed by atoms with van der Waals surface area (Å²) in [6, 6.07) is 9.41. The summed E-state index contributed by atoms with van der Waals surface area (Å²) < 4.78 is 1.65. The minimum atomic E-state index is -0.114. The van der Waals surface area contributed by atoms with Crippen LogP contribution >= 0.6 is 0 Å². The summed E-state index contributed by atoms with van der Waals surface area (Å²) in [6.45, 7) is 2.12. The summed E-state index contributed by atoms with van der Waals surface area (Å²) in [6.07, 6.45) is 2.82. The Morgan fingerprint density at radius 1 is 1.47 bits per heavy atom. The second-order valence-electron chi connectivity index (χ2n) is 5.03. The first-order valence-corrected chi connectivity index (χ1v) is 6.36. The van der Waals surface area contributed by atoms with Crippen LogP contribution in [-0.2, 0) is 0 Å². The monoisotopic (exact) mass is 256 g/mol. The molecule has 0 bridgehead atoms. The van der Waals surface area contributed by atoms with Crippen LogP contribution < -0.4 is 11.1 Å². The fraction of sp³-hybridized carbons (Fsp3) is 0.286. The van der Waals surface area contributed by atoms with Crippen molar-refractivity contribution >= 4 is 11.6 Å². The number of hydrogen-bond acceptors (Lipinski definition) is 3. The Hall–Kier alpha value is -2.30. The normalized spacial score (nSPS) is 21.1. The van der Waals surface area contributed by atoms with Crippen molar-refractivity contribution in [3.63, 3.8) is 0 Å². The van der Waals surface area contributed by atoms with Gasteiger partial charge in [-0.25, -0.2) is 4.68 Å². The van der Waals surface area contributed by atoms with Gasteiger partial charge in [-0.3, -0.25) is 4.79 Å². The molecule has 0 radical (unpaired) electrons. The van der Waals surface area contributed by atoms with Crippen molar-refractivity contribution in [1.29, 1.82) is 0 Å². The molecule has 19 heavy (non-hydrogen) atoms. The number of hydrogen-bond donors (Lipinski definition) is 2. The van der Waals surface area contributed by atoms with E-state index in [0.29, 0.717) is 23.3 Å². The fourth-order valence-electron chi connectivity index (χ4n) is 2.02. The van der Waals surface area contributed by atoms with E-state index in [1.165, 1.54) is 0 Å². The Morgan fingerprint density at radius 2 is 2.26 bits per heavy atom. The molecule has 2 unspecified atom stereocenters. The maximum Gasteiger partial charge on any atom is 0.272 e. The van der Waals surface area contributed by atoms with Crippen LogP contribution in [-0.4, -0.2) is 21.7 Å². The third kappa shape index (κ3) is 2.45. The van der Waals surface area contributed by atoms with Crippen LogP contribution in [0.3, 0.4) is 0 Å². The van der Waals surface area contributed by atoms with Gasteiger partial charge in [0.25, 0.3) is 5.91 Å². The predicted octanol–water partition coefficient (Wildman–Crippen LogP) is 1.59. The van der Waals surface area contributed by atoms with E-state index < -0.39 is 0 Å². The Kier molecular flexibility index (Phi) is 2.74. The molecule has 3 N–H and O–H groups in total. The first-order chi connectivity index (χ1) is 9.13. The largest absolute Gasteiger partial charge is 0.399 e. The lowest BCUT2D eigenvalue weighted by Gasteiger charge is -2.02. The smallest absolute Gasteiger partial charge is 0.272 e. The van der Waals surface area contributed by atoms with Gasteiger partial charge in [-0.05, 0) is 36.6 Å². The van der Waals surface area contributed by atoms with E-state index in [9.17, 15) is 4.79 Å². The van der Waals surface area contributed by atoms with Crippen molar-refractivity contribution in [2.45, 2.75) is 19.4 Å². The molecule has 1 heterocycles. The minimum absolute atomic E-state index is 0.114. The van der Waals surface area contributed by atoms with Crippen molar-refractivity contribution in [2.24, 2.45) is 5.92 Å². The van der Waals surface area contributed by atoms with E-state index in [2.05, 4.69) is 17.3 Å². The predicted molar refractivity (Wildman–Crippen MR) is 73.0 cm³/mol. The molecule has 1 fully saturated rings. The van der Waals surface area contributed by atoms with Gasteiger partial charge in [0.1, 0.15) is 0 Å². The van der Waals surface area contributed by atoms with Crippen LogP contribution in [0.2, 0.25) is 0 Å². The number of nitrogen functional groups attached to an aromatic ring is 1. The SMILES string of the molecule is CC1CC1NC(=O)c1ccn(-c2cccc(N)c2)n1. The molecule has 1 amide bonds. The maximum absolute atomic E-state index is 11.9. The average Bonchev–Trinajstić information content (AvgIpc) is 2.92. The third-order valence-electron chi connectivity index (χ3n) is 3.38. The zero-order valence-corrected chi connectivity index (χ0v) is 10.7. The zero-order chi connectivity index (χ0) is 13.4. The van der Waals surface area contributed by atoms with Gasteiger partial charge >= 0.3 is 0 Å². The molecule has 0 spiro atoms. The molecule has 3 rings (SSSR count). The van der Waals surface area contributed by atoms with Gasteiger partial charge in [0.05, 0.1) is 5.69 Å². The van der Waals surface area contributed by atoms with E-state index in [1.807, 2.05) is 24.3 Å². The molecule has 0 aliphatic heterocycles. The van der Waals surface area contributed by atoms with Gasteiger partial charge in [0.15, 0.2) is 5.69 Å². The van der Waals surface area contributed by atoms with E-state index in [4.69, 9.17) is 5.73 Å². The molecule has 5 heteroatoms. The maximum atomic E-state index is 11.9. The number of aromatic nitrogens is 2. The number of carbonyl (C=O) groups is 1. The lowest BCUT2D eigenvalue weighted by atomic mass is 10.3. The lowest BCUT2D eigenvalue weighted by Crippen LogP contribution is -2.27. The molecular weight excluding hydrogens is 240 g/mol.